The van der Waals surface area contributed by atoms with Gasteiger partial charge in [0.05, 0.1) is 11.6 Å². The molecule has 0 saturated heterocycles. The third kappa shape index (κ3) is 4.69. The summed E-state index contributed by atoms with van der Waals surface area (Å²) in [5, 5.41) is 3.95. The predicted octanol–water partition coefficient (Wildman–Crippen LogP) is 4.67. The van der Waals surface area contributed by atoms with Crippen LogP contribution in [0.1, 0.15) is 25.8 Å². The number of aromatic nitrogens is 1. The first-order valence-electron chi connectivity index (χ1n) is 7.67. The fourth-order valence-corrected chi connectivity index (χ4v) is 3.80. The van der Waals surface area contributed by atoms with Crippen molar-refractivity contribution in [1.29, 1.82) is 0 Å². The minimum Gasteiger partial charge on any atom is -0.347 e. The van der Waals surface area contributed by atoms with Gasteiger partial charge in [-0.3, -0.25) is 4.79 Å². The van der Waals surface area contributed by atoms with E-state index in [9.17, 15) is 4.79 Å². The summed E-state index contributed by atoms with van der Waals surface area (Å²) in [5.41, 5.74) is 1.89. The number of hydrogen-bond donors (Lipinski definition) is 1. The monoisotopic (exact) mass is 354 g/mol. The van der Waals surface area contributed by atoms with Gasteiger partial charge in [-0.25, -0.2) is 4.98 Å². The Balaban J connectivity index is 1.52. The van der Waals surface area contributed by atoms with Gasteiger partial charge >= 0.3 is 0 Å². The third-order valence-electron chi connectivity index (χ3n) is 3.46. The van der Waals surface area contributed by atoms with E-state index in [1.54, 1.807) is 23.1 Å². The lowest BCUT2D eigenvalue weighted by molar-refractivity contribution is 0.0951. The summed E-state index contributed by atoms with van der Waals surface area (Å²) in [6, 6.07) is 18.1. The number of hydrogen-bond acceptors (Lipinski definition) is 4. The second kappa shape index (κ2) is 8.13. The van der Waals surface area contributed by atoms with Gasteiger partial charge < -0.3 is 5.32 Å². The van der Waals surface area contributed by atoms with Crippen LogP contribution in [0.2, 0.25) is 0 Å². The molecule has 3 rings (SSSR count). The van der Waals surface area contributed by atoms with E-state index >= 15 is 0 Å². The van der Waals surface area contributed by atoms with Crippen molar-refractivity contribution in [2.24, 2.45) is 0 Å². The zero-order valence-electron chi connectivity index (χ0n) is 13.4. The van der Waals surface area contributed by atoms with Gasteiger partial charge in [0.25, 0.3) is 5.91 Å². The highest BCUT2D eigenvalue weighted by Crippen LogP contribution is 2.22. The number of nitrogens with zero attached hydrogens (tertiary/aromatic N) is 1. The van der Waals surface area contributed by atoms with Crippen molar-refractivity contribution in [3.63, 3.8) is 0 Å². The van der Waals surface area contributed by atoms with Crippen molar-refractivity contribution in [1.82, 2.24) is 10.3 Å². The Kier molecular flexibility index (Phi) is 5.67. The van der Waals surface area contributed by atoms with Crippen LogP contribution in [0.25, 0.3) is 0 Å². The van der Waals surface area contributed by atoms with Crippen LogP contribution >= 0.6 is 23.1 Å². The molecule has 2 aromatic carbocycles. The lowest BCUT2D eigenvalue weighted by Gasteiger charge is -2.05. The van der Waals surface area contributed by atoms with Gasteiger partial charge in [0.15, 0.2) is 0 Å². The lowest BCUT2D eigenvalue weighted by Crippen LogP contribution is -2.22. The van der Waals surface area contributed by atoms with Crippen LogP contribution in [-0.2, 0) is 12.3 Å². The first kappa shape index (κ1) is 16.7. The van der Waals surface area contributed by atoms with Crippen molar-refractivity contribution in [2.75, 3.05) is 0 Å². The molecule has 0 fully saturated rings. The molecule has 0 atom stereocenters. The van der Waals surface area contributed by atoms with E-state index < -0.39 is 0 Å². The highest BCUT2D eigenvalue weighted by molar-refractivity contribution is 7.98. The van der Waals surface area contributed by atoms with Crippen molar-refractivity contribution in [3.8, 4) is 0 Å². The fourth-order valence-electron chi connectivity index (χ4n) is 2.19. The number of amides is 1. The van der Waals surface area contributed by atoms with Gasteiger partial charge in [-0.05, 0) is 36.8 Å². The number of aryl methyl sites for hydroxylation is 1. The van der Waals surface area contributed by atoms with Gasteiger partial charge in [0, 0.05) is 27.3 Å². The summed E-state index contributed by atoms with van der Waals surface area (Å²) >= 11 is 3.39. The number of rotatable bonds is 6. The molecule has 0 bridgehead atoms. The zero-order valence-corrected chi connectivity index (χ0v) is 15.0. The molecule has 0 aliphatic heterocycles. The predicted molar refractivity (Wildman–Crippen MR) is 100 cm³/mol. The van der Waals surface area contributed by atoms with E-state index in [2.05, 4.69) is 22.4 Å². The molecule has 0 aliphatic rings. The van der Waals surface area contributed by atoms with Crippen molar-refractivity contribution in [3.05, 3.63) is 81.8 Å². The summed E-state index contributed by atoms with van der Waals surface area (Å²) < 4.78 is 0. The highest BCUT2D eigenvalue weighted by atomic mass is 32.2. The van der Waals surface area contributed by atoms with E-state index in [1.807, 2.05) is 55.6 Å². The first-order chi connectivity index (χ1) is 11.7. The van der Waals surface area contributed by atoms with Gasteiger partial charge in [-0.2, -0.15) is 0 Å². The van der Waals surface area contributed by atoms with Gasteiger partial charge in [-0.15, -0.1) is 23.1 Å². The standard InChI is InChI=1S/C19H18N2OS2/c1-14-20-11-18(24-14)12-21-19(22)16-9-7-15(8-10-16)13-23-17-5-3-2-4-6-17/h2-11H,12-13H2,1H3,(H,21,22). The molecule has 0 saturated carbocycles. The number of carbonyl (C=O) groups is 1. The second-order valence-electron chi connectivity index (χ2n) is 5.33. The van der Waals surface area contributed by atoms with Crippen LogP contribution in [0.4, 0.5) is 0 Å². The molecule has 0 spiro atoms. The molecule has 3 nitrogen and oxygen atoms in total. The van der Waals surface area contributed by atoms with Crippen molar-refractivity contribution in [2.45, 2.75) is 24.1 Å². The van der Waals surface area contributed by atoms with Crippen molar-refractivity contribution < 1.29 is 4.79 Å². The molecule has 0 aliphatic carbocycles. The molecule has 1 amide bonds. The number of thiazole rings is 1. The Morgan fingerprint density at radius 2 is 1.88 bits per heavy atom. The van der Waals surface area contributed by atoms with Gasteiger partial charge in [0.1, 0.15) is 0 Å². The average Bonchev–Trinajstić information content (AvgIpc) is 3.04. The number of benzene rings is 2. The van der Waals surface area contributed by atoms with Crippen molar-refractivity contribution >= 4 is 29.0 Å². The molecule has 3 aromatic rings. The maximum absolute atomic E-state index is 12.2. The lowest BCUT2D eigenvalue weighted by atomic mass is 10.1. The maximum Gasteiger partial charge on any atom is 0.251 e. The fraction of sp³-hybridized carbons (Fsp3) is 0.158. The minimum absolute atomic E-state index is 0.0525. The Morgan fingerprint density at radius 1 is 1.12 bits per heavy atom. The van der Waals surface area contributed by atoms with E-state index in [4.69, 9.17) is 0 Å². The van der Waals surface area contributed by atoms with E-state index in [-0.39, 0.29) is 5.91 Å². The smallest absolute Gasteiger partial charge is 0.251 e. The van der Waals surface area contributed by atoms with Crippen LogP contribution in [0.3, 0.4) is 0 Å². The molecule has 1 N–H and O–H groups in total. The Morgan fingerprint density at radius 3 is 2.54 bits per heavy atom. The van der Waals surface area contributed by atoms with Gasteiger partial charge in [0.2, 0.25) is 0 Å². The molecule has 1 aromatic heterocycles. The summed E-state index contributed by atoms with van der Waals surface area (Å²) in [5.74, 6) is 0.842. The van der Waals surface area contributed by atoms with Crippen LogP contribution in [0.5, 0.6) is 0 Å². The quantitative estimate of drug-likeness (QED) is 0.654. The van der Waals surface area contributed by atoms with E-state index in [1.165, 1.54) is 10.5 Å². The topological polar surface area (TPSA) is 42.0 Å². The summed E-state index contributed by atoms with van der Waals surface area (Å²) in [7, 11) is 0. The van der Waals surface area contributed by atoms with Crippen LogP contribution < -0.4 is 5.32 Å². The van der Waals surface area contributed by atoms with Crippen LogP contribution in [0.15, 0.2) is 65.7 Å². The molecule has 0 unspecified atom stereocenters. The number of nitrogens with one attached hydrogen (secondary N) is 1. The normalized spacial score (nSPS) is 10.5. The number of thioether (sulfide) groups is 1. The van der Waals surface area contributed by atoms with Gasteiger partial charge in [-0.1, -0.05) is 30.3 Å². The molecular weight excluding hydrogens is 336 g/mol. The van der Waals surface area contributed by atoms with E-state index in [0.29, 0.717) is 12.1 Å². The second-order valence-corrected chi connectivity index (χ2v) is 7.69. The third-order valence-corrected chi connectivity index (χ3v) is 5.45. The Labute approximate surface area is 150 Å². The molecule has 1 heterocycles. The Bertz CT molecular complexity index is 798. The minimum atomic E-state index is -0.0525. The molecule has 0 radical (unpaired) electrons. The molecule has 24 heavy (non-hydrogen) atoms. The largest absolute Gasteiger partial charge is 0.347 e. The average molecular weight is 354 g/mol. The summed E-state index contributed by atoms with van der Waals surface area (Å²) in [4.78, 5) is 18.7. The SMILES string of the molecule is Cc1ncc(CNC(=O)c2ccc(CSc3ccccc3)cc2)s1. The highest BCUT2D eigenvalue weighted by Gasteiger charge is 2.06. The number of carbonyl (C=O) groups excluding carboxylic acids is 1. The van der Waals surface area contributed by atoms with Crippen LogP contribution in [0, 0.1) is 6.92 Å². The molecule has 122 valence electrons. The molecule has 5 heteroatoms. The van der Waals surface area contributed by atoms with E-state index in [0.717, 1.165) is 15.6 Å². The first-order valence-corrected chi connectivity index (χ1v) is 9.47. The maximum atomic E-state index is 12.2. The Hall–Kier alpha value is -2.11. The zero-order chi connectivity index (χ0) is 16.8. The summed E-state index contributed by atoms with van der Waals surface area (Å²) in [6.07, 6.45) is 1.81. The summed E-state index contributed by atoms with van der Waals surface area (Å²) in [6.45, 7) is 2.48. The molecular formula is C19H18N2OS2. The van der Waals surface area contributed by atoms with Crippen LogP contribution in [-0.4, -0.2) is 10.9 Å².